The van der Waals surface area contributed by atoms with Crippen LogP contribution in [0.15, 0.2) is 18.2 Å². The molecule has 5 nitrogen and oxygen atoms in total. The first kappa shape index (κ1) is 11.7. The van der Waals surface area contributed by atoms with Crippen LogP contribution in [0.5, 0.6) is 5.75 Å². The molecule has 1 aromatic carbocycles. The van der Waals surface area contributed by atoms with E-state index in [1.54, 1.807) is 12.1 Å². The predicted molar refractivity (Wildman–Crippen MR) is 65.5 cm³/mol. The standard InChI is InChI=1S/C12H16N2O3/c1-17-12-8-10(4-5-11(12)14(15)16)13-7-6-9-2-3-9/h4-5,8-9,13H,2-3,6-7H2,1H3. The molecule has 1 aliphatic carbocycles. The fraction of sp³-hybridized carbons (Fsp3) is 0.500. The Kier molecular flexibility index (Phi) is 3.46. The van der Waals surface area contributed by atoms with Gasteiger partial charge in [-0.25, -0.2) is 0 Å². The van der Waals surface area contributed by atoms with Crippen LogP contribution in [0.1, 0.15) is 19.3 Å². The summed E-state index contributed by atoms with van der Waals surface area (Å²) in [6, 6.07) is 4.86. The van der Waals surface area contributed by atoms with Crippen LogP contribution in [-0.4, -0.2) is 18.6 Å². The summed E-state index contributed by atoms with van der Waals surface area (Å²) in [7, 11) is 1.44. The van der Waals surface area contributed by atoms with Gasteiger partial charge in [0.25, 0.3) is 0 Å². The molecule has 0 bridgehead atoms. The summed E-state index contributed by atoms with van der Waals surface area (Å²) < 4.78 is 5.01. The van der Waals surface area contributed by atoms with E-state index >= 15 is 0 Å². The van der Waals surface area contributed by atoms with E-state index in [2.05, 4.69) is 5.32 Å². The first-order chi connectivity index (χ1) is 8.20. The number of ether oxygens (including phenoxy) is 1. The molecule has 0 saturated heterocycles. The Morgan fingerprint density at radius 2 is 2.29 bits per heavy atom. The fourth-order valence-corrected chi connectivity index (χ4v) is 1.77. The average Bonchev–Trinajstić information content (AvgIpc) is 3.12. The van der Waals surface area contributed by atoms with E-state index in [4.69, 9.17) is 4.74 Å². The molecule has 1 N–H and O–H groups in total. The summed E-state index contributed by atoms with van der Waals surface area (Å²) >= 11 is 0. The summed E-state index contributed by atoms with van der Waals surface area (Å²) in [4.78, 5) is 10.3. The number of anilines is 1. The van der Waals surface area contributed by atoms with Crippen molar-refractivity contribution in [3.63, 3.8) is 0 Å². The smallest absolute Gasteiger partial charge is 0.311 e. The van der Waals surface area contributed by atoms with Gasteiger partial charge >= 0.3 is 5.69 Å². The molecule has 17 heavy (non-hydrogen) atoms. The molecule has 1 saturated carbocycles. The van der Waals surface area contributed by atoms with Crippen molar-refractivity contribution in [2.75, 3.05) is 19.0 Å². The van der Waals surface area contributed by atoms with E-state index in [1.165, 1.54) is 32.4 Å². The van der Waals surface area contributed by atoms with E-state index < -0.39 is 4.92 Å². The molecule has 2 rings (SSSR count). The fourth-order valence-electron chi connectivity index (χ4n) is 1.77. The van der Waals surface area contributed by atoms with Crippen molar-refractivity contribution in [1.82, 2.24) is 0 Å². The monoisotopic (exact) mass is 236 g/mol. The number of nitrogens with zero attached hydrogens (tertiary/aromatic N) is 1. The van der Waals surface area contributed by atoms with Gasteiger partial charge in [-0.1, -0.05) is 12.8 Å². The lowest BCUT2D eigenvalue weighted by Crippen LogP contribution is -2.03. The van der Waals surface area contributed by atoms with E-state index in [0.717, 1.165) is 18.2 Å². The van der Waals surface area contributed by atoms with Gasteiger partial charge in [0.1, 0.15) is 0 Å². The zero-order valence-corrected chi connectivity index (χ0v) is 9.81. The summed E-state index contributed by atoms with van der Waals surface area (Å²) in [5.41, 5.74) is 0.869. The van der Waals surface area contributed by atoms with E-state index in [1.807, 2.05) is 0 Å². The number of hydrogen-bond acceptors (Lipinski definition) is 4. The maximum absolute atomic E-state index is 10.7. The second-order valence-corrected chi connectivity index (χ2v) is 4.30. The molecule has 0 unspecified atom stereocenters. The van der Waals surface area contributed by atoms with Crippen LogP contribution in [0.3, 0.4) is 0 Å². The molecule has 0 radical (unpaired) electrons. The number of benzene rings is 1. The van der Waals surface area contributed by atoms with E-state index in [9.17, 15) is 10.1 Å². The number of nitro groups is 1. The Balaban J connectivity index is 1.99. The second kappa shape index (κ2) is 5.03. The predicted octanol–water partition coefficient (Wildman–Crippen LogP) is 2.82. The molecule has 1 fully saturated rings. The van der Waals surface area contributed by atoms with Crippen LogP contribution < -0.4 is 10.1 Å². The zero-order valence-electron chi connectivity index (χ0n) is 9.81. The van der Waals surface area contributed by atoms with Crippen molar-refractivity contribution in [2.45, 2.75) is 19.3 Å². The van der Waals surface area contributed by atoms with Crippen LogP contribution in [0.2, 0.25) is 0 Å². The molecule has 0 atom stereocenters. The number of nitrogens with one attached hydrogen (secondary N) is 1. The van der Waals surface area contributed by atoms with Crippen molar-refractivity contribution in [1.29, 1.82) is 0 Å². The number of rotatable bonds is 6. The van der Waals surface area contributed by atoms with Gasteiger partial charge in [-0.05, 0) is 18.4 Å². The highest BCUT2D eigenvalue weighted by atomic mass is 16.6. The van der Waals surface area contributed by atoms with Gasteiger partial charge in [-0.15, -0.1) is 0 Å². The van der Waals surface area contributed by atoms with Gasteiger partial charge in [-0.2, -0.15) is 0 Å². The third-order valence-electron chi connectivity index (χ3n) is 2.96. The van der Waals surface area contributed by atoms with Crippen molar-refractivity contribution in [3.05, 3.63) is 28.3 Å². The average molecular weight is 236 g/mol. The third-order valence-corrected chi connectivity index (χ3v) is 2.96. The lowest BCUT2D eigenvalue weighted by molar-refractivity contribution is -0.385. The summed E-state index contributed by atoms with van der Waals surface area (Å²) in [6.07, 6.45) is 3.84. The molecule has 0 aliphatic heterocycles. The molecule has 0 heterocycles. The Hall–Kier alpha value is -1.78. The summed E-state index contributed by atoms with van der Waals surface area (Å²) in [5, 5.41) is 14.0. The normalized spacial score (nSPS) is 14.4. The molecule has 1 aliphatic rings. The largest absolute Gasteiger partial charge is 0.490 e. The van der Waals surface area contributed by atoms with Crippen LogP contribution >= 0.6 is 0 Å². The third kappa shape index (κ3) is 3.09. The van der Waals surface area contributed by atoms with Gasteiger partial charge in [0.05, 0.1) is 12.0 Å². The van der Waals surface area contributed by atoms with Crippen molar-refractivity contribution in [3.8, 4) is 5.75 Å². The minimum atomic E-state index is -0.438. The van der Waals surface area contributed by atoms with Crippen molar-refractivity contribution >= 4 is 11.4 Å². The van der Waals surface area contributed by atoms with Crippen LogP contribution in [0, 0.1) is 16.0 Å². The Labute approximate surface area is 99.9 Å². The maximum Gasteiger partial charge on any atom is 0.311 e. The van der Waals surface area contributed by atoms with Crippen LogP contribution in [0.25, 0.3) is 0 Å². The van der Waals surface area contributed by atoms with Crippen molar-refractivity contribution < 1.29 is 9.66 Å². The molecule has 0 spiro atoms. The molecule has 0 aromatic heterocycles. The quantitative estimate of drug-likeness (QED) is 0.609. The second-order valence-electron chi connectivity index (χ2n) is 4.30. The highest BCUT2D eigenvalue weighted by Gasteiger charge is 2.20. The Bertz CT molecular complexity index is 416. The topological polar surface area (TPSA) is 64.4 Å². The number of nitro benzene ring substituents is 1. The van der Waals surface area contributed by atoms with Gasteiger partial charge in [0.15, 0.2) is 5.75 Å². The van der Waals surface area contributed by atoms with Gasteiger partial charge in [0.2, 0.25) is 0 Å². The van der Waals surface area contributed by atoms with Crippen LogP contribution in [0.4, 0.5) is 11.4 Å². The summed E-state index contributed by atoms with van der Waals surface area (Å²) in [5.74, 6) is 1.17. The first-order valence-corrected chi connectivity index (χ1v) is 5.77. The number of hydrogen-bond donors (Lipinski definition) is 1. The van der Waals surface area contributed by atoms with Gasteiger partial charge in [-0.3, -0.25) is 10.1 Å². The minimum absolute atomic E-state index is 0.000225. The molecule has 1 aromatic rings. The summed E-state index contributed by atoms with van der Waals surface area (Å²) in [6.45, 7) is 0.908. The van der Waals surface area contributed by atoms with E-state index in [0.29, 0.717) is 5.75 Å². The molecule has 0 amide bonds. The molecular formula is C12H16N2O3. The van der Waals surface area contributed by atoms with Gasteiger partial charge < -0.3 is 10.1 Å². The zero-order chi connectivity index (χ0) is 12.3. The van der Waals surface area contributed by atoms with E-state index in [-0.39, 0.29) is 5.69 Å². The lowest BCUT2D eigenvalue weighted by atomic mass is 10.2. The lowest BCUT2D eigenvalue weighted by Gasteiger charge is -2.08. The molecule has 5 heteroatoms. The number of methoxy groups -OCH3 is 1. The minimum Gasteiger partial charge on any atom is -0.490 e. The molecule has 92 valence electrons. The first-order valence-electron chi connectivity index (χ1n) is 5.77. The molecular weight excluding hydrogens is 220 g/mol. The highest BCUT2D eigenvalue weighted by molar-refractivity contribution is 5.57. The van der Waals surface area contributed by atoms with Crippen molar-refractivity contribution in [2.24, 2.45) is 5.92 Å². The highest BCUT2D eigenvalue weighted by Crippen LogP contribution is 2.33. The SMILES string of the molecule is COc1cc(NCCC2CC2)ccc1[N+](=O)[O-]. The van der Waals surface area contributed by atoms with Crippen LogP contribution in [-0.2, 0) is 0 Å². The maximum atomic E-state index is 10.7. The Morgan fingerprint density at radius 1 is 1.53 bits per heavy atom. The van der Waals surface area contributed by atoms with Gasteiger partial charge in [0, 0.05) is 24.4 Å². The Morgan fingerprint density at radius 3 is 2.88 bits per heavy atom.